The number of furan rings is 1. The molecule has 1 aliphatic rings. The molecular formula is C17H24N2O3. The van der Waals surface area contributed by atoms with Gasteiger partial charge in [0.1, 0.15) is 5.76 Å². The quantitative estimate of drug-likeness (QED) is 0.821. The third kappa shape index (κ3) is 5.06. The topological polar surface area (TPSA) is 62.6 Å². The number of likely N-dealkylation sites (tertiary alicyclic amines) is 1. The minimum atomic E-state index is 0.0184. The molecule has 1 aromatic heterocycles. The molecule has 0 aromatic carbocycles. The van der Waals surface area contributed by atoms with Gasteiger partial charge in [-0.25, -0.2) is 0 Å². The molecule has 2 rings (SSSR count). The van der Waals surface area contributed by atoms with Crippen LogP contribution in [-0.4, -0.2) is 36.3 Å². The molecule has 1 aromatic rings. The summed E-state index contributed by atoms with van der Waals surface area (Å²) >= 11 is 0. The van der Waals surface area contributed by atoms with Crippen molar-refractivity contribution in [1.82, 2.24) is 10.2 Å². The lowest BCUT2D eigenvalue weighted by Crippen LogP contribution is -2.40. The van der Waals surface area contributed by atoms with Crippen molar-refractivity contribution < 1.29 is 14.0 Å². The highest BCUT2D eigenvalue weighted by molar-refractivity contribution is 5.91. The van der Waals surface area contributed by atoms with E-state index in [4.69, 9.17) is 4.42 Å². The molecule has 120 valence electrons. The monoisotopic (exact) mass is 304 g/mol. The Balaban J connectivity index is 1.70. The molecule has 5 nitrogen and oxygen atoms in total. The maximum Gasteiger partial charge on any atom is 0.246 e. The van der Waals surface area contributed by atoms with Gasteiger partial charge in [-0.15, -0.1) is 0 Å². The van der Waals surface area contributed by atoms with Crippen molar-refractivity contribution in [2.45, 2.75) is 32.6 Å². The first-order chi connectivity index (χ1) is 10.7. The van der Waals surface area contributed by atoms with Crippen LogP contribution in [0, 0.1) is 5.92 Å². The van der Waals surface area contributed by atoms with Gasteiger partial charge in [-0.1, -0.05) is 6.92 Å². The second-order valence-electron chi connectivity index (χ2n) is 5.67. The van der Waals surface area contributed by atoms with E-state index in [2.05, 4.69) is 5.32 Å². The summed E-state index contributed by atoms with van der Waals surface area (Å²) in [6.45, 7) is 4.22. The van der Waals surface area contributed by atoms with E-state index in [9.17, 15) is 9.59 Å². The molecule has 0 unspecified atom stereocenters. The molecule has 0 aliphatic carbocycles. The van der Waals surface area contributed by atoms with E-state index < -0.39 is 0 Å². The molecule has 0 saturated carbocycles. The molecular weight excluding hydrogens is 280 g/mol. The highest BCUT2D eigenvalue weighted by Crippen LogP contribution is 2.17. The van der Waals surface area contributed by atoms with Crippen LogP contribution in [0.1, 0.15) is 38.4 Å². The summed E-state index contributed by atoms with van der Waals surface area (Å²) in [4.78, 5) is 25.4. The Morgan fingerprint density at radius 2 is 2.18 bits per heavy atom. The number of hydrogen-bond donors (Lipinski definition) is 1. The number of nitrogens with zero attached hydrogens (tertiary/aromatic N) is 1. The van der Waals surface area contributed by atoms with E-state index >= 15 is 0 Å². The first kappa shape index (κ1) is 16.3. The van der Waals surface area contributed by atoms with Crippen molar-refractivity contribution in [1.29, 1.82) is 0 Å². The van der Waals surface area contributed by atoms with Crippen molar-refractivity contribution in [2.24, 2.45) is 5.92 Å². The van der Waals surface area contributed by atoms with Crippen molar-refractivity contribution in [2.75, 3.05) is 19.6 Å². The number of amides is 2. The maximum absolute atomic E-state index is 12.1. The van der Waals surface area contributed by atoms with Gasteiger partial charge in [0, 0.05) is 32.1 Å². The zero-order chi connectivity index (χ0) is 15.8. The molecule has 0 bridgehead atoms. The molecule has 1 N–H and O–H groups in total. The third-order valence-electron chi connectivity index (χ3n) is 3.92. The molecule has 5 heteroatoms. The summed E-state index contributed by atoms with van der Waals surface area (Å²) in [5, 5.41) is 2.97. The molecule has 0 radical (unpaired) electrons. The predicted octanol–water partition coefficient (Wildman–Crippen LogP) is 2.45. The Bertz CT molecular complexity index is 500. The second kappa shape index (κ2) is 8.41. The lowest BCUT2D eigenvalue weighted by atomic mass is 9.96. The number of nitrogens with one attached hydrogen (secondary N) is 1. The fourth-order valence-electron chi connectivity index (χ4n) is 2.58. The molecule has 0 atom stereocenters. The SMILES string of the molecule is CCCC(=O)NCC1CCN(C(=O)/C=C/c2ccco2)CC1. The maximum atomic E-state index is 12.1. The van der Waals surface area contributed by atoms with Gasteiger partial charge in [0.15, 0.2) is 0 Å². The fraction of sp³-hybridized carbons (Fsp3) is 0.529. The average molecular weight is 304 g/mol. The number of hydrogen-bond acceptors (Lipinski definition) is 3. The van der Waals surface area contributed by atoms with Gasteiger partial charge in [0.2, 0.25) is 11.8 Å². The van der Waals surface area contributed by atoms with E-state index in [1.54, 1.807) is 24.5 Å². The predicted molar refractivity (Wildman–Crippen MR) is 85.0 cm³/mol. The summed E-state index contributed by atoms with van der Waals surface area (Å²) < 4.78 is 5.16. The smallest absolute Gasteiger partial charge is 0.246 e. The molecule has 2 amide bonds. The first-order valence-corrected chi connectivity index (χ1v) is 7.96. The zero-order valence-corrected chi connectivity index (χ0v) is 13.1. The standard InChI is InChI=1S/C17H24N2O3/c1-2-4-16(20)18-13-14-8-10-19(11-9-14)17(21)7-6-15-5-3-12-22-15/h3,5-7,12,14H,2,4,8-11,13H2,1H3,(H,18,20)/b7-6+. The highest BCUT2D eigenvalue weighted by atomic mass is 16.3. The van der Waals surface area contributed by atoms with Crippen LogP contribution < -0.4 is 5.32 Å². The number of rotatable bonds is 6. The van der Waals surface area contributed by atoms with Crippen LogP contribution in [-0.2, 0) is 9.59 Å². The van der Waals surface area contributed by atoms with Crippen LogP contribution in [0.4, 0.5) is 0 Å². The van der Waals surface area contributed by atoms with E-state index in [0.717, 1.165) is 38.9 Å². The molecule has 1 fully saturated rings. The Hall–Kier alpha value is -2.04. The minimum Gasteiger partial charge on any atom is -0.465 e. The summed E-state index contributed by atoms with van der Waals surface area (Å²) in [6.07, 6.45) is 8.18. The van der Waals surface area contributed by atoms with Gasteiger partial charge in [-0.3, -0.25) is 9.59 Å². The van der Waals surface area contributed by atoms with Crippen molar-refractivity contribution in [3.63, 3.8) is 0 Å². The average Bonchev–Trinajstić information content (AvgIpc) is 3.05. The van der Waals surface area contributed by atoms with E-state index in [-0.39, 0.29) is 11.8 Å². The van der Waals surface area contributed by atoms with E-state index in [1.165, 1.54) is 0 Å². The Morgan fingerprint density at radius 1 is 1.41 bits per heavy atom. The summed E-state index contributed by atoms with van der Waals surface area (Å²) in [6, 6.07) is 3.61. The molecule has 22 heavy (non-hydrogen) atoms. The third-order valence-corrected chi connectivity index (χ3v) is 3.92. The lowest BCUT2D eigenvalue weighted by Gasteiger charge is -2.31. The normalized spacial score (nSPS) is 16.1. The van der Waals surface area contributed by atoms with Crippen molar-refractivity contribution in [3.8, 4) is 0 Å². The Kier molecular flexibility index (Phi) is 6.25. The van der Waals surface area contributed by atoms with E-state index in [1.807, 2.05) is 17.9 Å². The molecule has 2 heterocycles. The van der Waals surface area contributed by atoms with Crippen molar-refractivity contribution in [3.05, 3.63) is 30.2 Å². The van der Waals surface area contributed by atoms with Crippen molar-refractivity contribution >= 4 is 17.9 Å². The summed E-state index contributed by atoms with van der Waals surface area (Å²) in [7, 11) is 0. The van der Waals surface area contributed by atoms with Crippen LogP contribution in [0.25, 0.3) is 6.08 Å². The van der Waals surface area contributed by atoms with Crippen LogP contribution in [0.5, 0.6) is 0 Å². The molecule has 1 aliphatic heterocycles. The number of piperidine rings is 1. The first-order valence-electron chi connectivity index (χ1n) is 7.96. The summed E-state index contributed by atoms with van der Waals surface area (Å²) in [5.74, 6) is 1.30. The van der Waals surface area contributed by atoms with Gasteiger partial charge in [0.25, 0.3) is 0 Å². The summed E-state index contributed by atoms with van der Waals surface area (Å²) in [5.41, 5.74) is 0. The highest BCUT2D eigenvalue weighted by Gasteiger charge is 2.21. The van der Waals surface area contributed by atoms with Gasteiger partial charge in [0.05, 0.1) is 6.26 Å². The van der Waals surface area contributed by atoms with Crippen LogP contribution in [0.3, 0.4) is 0 Å². The fourth-order valence-corrected chi connectivity index (χ4v) is 2.58. The minimum absolute atomic E-state index is 0.0184. The Labute approximate surface area is 131 Å². The van der Waals surface area contributed by atoms with Gasteiger partial charge < -0.3 is 14.6 Å². The largest absolute Gasteiger partial charge is 0.465 e. The number of carbonyl (C=O) groups excluding carboxylic acids is 2. The van der Waals surface area contributed by atoms with E-state index in [0.29, 0.717) is 18.1 Å². The number of carbonyl (C=O) groups is 2. The van der Waals surface area contributed by atoms with Gasteiger partial charge >= 0.3 is 0 Å². The van der Waals surface area contributed by atoms with Crippen LogP contribution in [0.15, 0.2) is 28.9 Å². The zero-order valence-electron chi connectivity index (χ0n) is 13.1. The molecule has 0 spiro atoms. The second-order valence-corrected chi connectivity index (χ2v) is 5.67. The Morgan fingerprint density at radius 3 is 2.82 bits per heavy atom. The van der Waals surface area contributed by atoms with Crippen LogP contribution in [0.2, 0.25) is 0 Å². The van der Waals surface area contributed by atoms with Gasteiger partial charge in [-0.05, 0) is 43.4 Å². The molecule has 1 saturated heterocycles. The van der Waals surface area contributed by atoms with Crippen LogP contribution >= 0.6 is 0 Å². The van der Waals surface area contributed by atoms with Gasteiger partial charge in [-0.2, -0.15) is 0 Å². The lowest BCUT2D eigenvalue weighted by molar-refractivity contribution is -0.127.